The van der Waals surface area contributed by atoms with Crippen molar-refractivity contribution in [3.05, 3.63) is 46.4 Å². The van der Waals surface area contributed by atoms with Gasteiger partial charge in [-0.15, -0.1) is 0 Å². The molecule has 0 unspecified atom stereocenters. The van der Waals surface area contributed by atoms with Crippen molar-refractivity contribution in [3.8, 4) is 0 Å². The maximum Gasteiger partial charge on any atom is 0.242 e. The summed E-state index contributed by atoms with van der Waals surface area (Å²) in [6.45, 7) is 4.30. The summed E-state index contributed by atoms with van der Waals surface area (Å²) in [5.41, 5.74) is 1.82. The molecule has 0 radical (unpaired) electrons. The molecule has 1 aromatic heterocycles. The number of aryl methyl sites for hydroxylation is 1. The van der Waals surface area contributed by atoms with Crippen LogP contribution in [-0.4, -0.2) is 36.8 Å². The molecule has 0 saturated carbocycles. The van der Waals surface area contributed by atoms with Crippen LogP contribution in [0.2, 0.25) is 5.15 Å². The third-order valence-corrected chi connectivity index (χ3v) is 5.73. The van der Waals surface area contributed by atoms with Crippen LogP contribution in [0.5, 0.6) is 0 Å². The molecule has 130 valence electrons. The van der Waals surface area contributed by atoms with Gasteiger partial charge in [-0.2, -0.15) is 0 Å². The molecule has 2 aromatic rings. The first-order chi connectivity index (χ1) is 11.3. The zero-order valence-corrected chi connectivity index (χ0v) is 15.7. The number of aromatic nitrogens is 2. The van der Waals surface area contributed by atoms with Gasteiger partial charge in [-0.25, -0.2) is 22.7 Å². The summed E-state index contributed by atoms with van der Waals surface area (Å²) in [4.78, 5) is 8.82. The molecule has 1 heterocycles. The highest BCUT2D eigenvalue weighted by Gasteiger charge is 2.16. The number of benzene rings is 1. The average molecular weight is 369 g/mol. The second-order valence-corrected chi connectivity index (χ2v) is 8.04. The van der Waals surface area contributed by atoms with Crippen molar-refractivity contribution in [2.75, 3.05) is 19.4 Å². The van der Waals surface area contributed by atoms with Crippen LogP contribution in [0.15, 0.2) is 29.2 Å². The lowest BCUT2D eigenvalue weighted by molar-refractivity contribution is 0.520. The quantitative estimate of drug-likeness (QED) is 0.793. The number of anilines is 1. The van der Waals surface area contributed by atoms with Gasteiger partial charge >= 0.3 is 0 Å². The number of sulfonamides is 1. The molecule has 6 nitrogen and oxygen atoms in total. The van der Waals surface area contributed by atoms with Gasteiger partial charge in [0.05, 0.1) is 4.90 Å². The van der Waals surface area contributed by atoms with Crippen LogP contribution in [0.3, 0.4) is 0 Å². The third-order valence-electron chi connectivity index (χ3n) is 3.58. The Bertz CT molecular complexity index is 821. The molecule has 0 spiro atoms. The highest BCUT2D eigenvalue weighted by atomic mass is 35.5. The van der Waals surface area contributed by atoms with Crippen LogP contribution in [0.25, 0.3) is 0 Å². The van der Waals surface area contributed by atoms with Gasteiger partial charge in [0.2, 0.25) is 10.0 Å². The van der Waals surface area contributed by atoms with E-state index in [4.69, 9.17) is 11.6 Å². The second kappa shape index (κ2) is 7.46. The minimum absolute atomic E-state index is 0.270. The molecular weight excluding hydrogens is 348 g/mol. The molecule has 1 N–H and O–H groups in total. The van der Waals surface area contributed by atoms with E-state index in [0.29, 0.717) is 23.3 Å². The third kappa shape index (κ3) is 4.03. The Labute approximate surface area is 147 Å². The Kier molecular flexibility index (Phi) is 5.79. The Morgan fingerprint density at radius 3 is 2.33 bits per heavy atom. The van der Waals surface area contributed by atoms with Gasteiger partial charge in [-0.3, -0.25) is 0 Å². The molecule has 24 heavy (non-hydrogen) atoms. The van der Waals surface area contributed by atoms with E-state index in [2.05, 4.69) is 15.3 Å². The minimum Gasteiger partial charge on any atom is -0.366 e. The van der Waals surface area contributed by atoms with Crippen molar-refractivity contribution in [2.45, 2.75) is 31.7 Å². The van der Waals surface area contributed by atoms with Gasteiger partial charge in [-0.1, -0.05) is 30.7 Å². The van der Waals surface area contributed by atoms with E-state index in [1.165, 1.54) is 18.4 Å². The number of hydrogen-bond acceptors (Lipinski definition) is 5. The molecule has 0 amide bonds. The summed E-state index contributed by atoms with van der Waals surface area (Å²) in [7, 11) is -0.383. The molecule has 0 fully saturated rings. The van der Waals surface area contributed by atoms with Crippen LogP contribution in [0.4, 0.5) is 5.82 Å². The topological polar surface area (TPSA) is 75.2 Å². The highest BCUT2D eigenvalue weighted by Crippen LogP contribution is 2.22. The first kappa shape index (κ1) is 18.6. The fourth-order valence-electron chi connectivity index (χ4n) is 2.20. The summed E-state index contributed by atoms with van der Waals surface area (Å²) in [6.07, 6.45) is 0.724. The van der Waals surface area contributed by atoms with Crippen molar-refractivity contribution in [1.82, 2.24) is 14.3 Å². The molecule has 0 bridgehead atoms. The minimum atomic E-state index is -3.41. The van der Waals surface area contributed by atoms with Crippen molar-refractivity contribution in [3.63, 3.8) is 0 Å². The first-order valence-corrected chi connectivity index (χ1v) is 9.36. The number of hydrogen-bond donors (Lipinski definition) is 1. The first-order valence-electron chi connectivity index (χ1n) is 7.54. The van der Waals surface area contributed by atoms with Crippen molar-refractivity contribution in [1.29, 1.82) is 0 Å². The van der Waals surface area contributed by atoms with Crippen molar-refractivity contribution >= 4 is 27.4 Å². The van der Waals surface area contributed by atoms with E-state index < -0.39 is 10.0 Å². The zero-order valence-electron chi connectivity index (χ0n) is 14.2. The number of rotatable bonds is 6. The van der Waals surface area contributed by atoms with Crippen molar-refractivity contribution in [2.24, 2.45) is 0 Å². The number of nitrogens with zero attached hydrogens (tertiary/aromatic N) is 3. The lowest BCUT2D eigenvalue weighted by atomic mass is 10.2. The molecule has 2 rings (SSSR count). The van der Waals surface area contributed by atoms with Crippen LogP contribution >= 0.6 is 11.6 Å². The molecule has 0 aliphatic carbocycles. The maximum absolute atomic E-state index is 12.1. The van der Waals surface area contributed by atoms with Gasteiger partial charge in [0.15, 0.2) is 0 Å². The van der Waals surface area contributed by atoms with Crippen LogP contribution in [0.1, 0.15) is 23.9 Å². The molecule has 0 aliphatic heterocycles. The number of halogens is 1. The molecule has 0 aliphatic rings. The maximum atomic E-state index is 12.1. The molecular formula is C16H21ClN4O2S. The van der Waals surface area contributed by atoms with E-state index in [9.17, 15) is 8.42 Å². The average Bonchev–Trinajstić information content (AvgIpc) is 2.52. The summed E-state index contributed by atoms with van der Waals surface area (Å²) in [5.74, 6) is 1.31. The number of nitrogens with one attached hydrogen (secondary N) is 1. The predicted molar refractivity (Wildman–Crippen MR) is 95.8 cm³/mol. The van der Waals surface area contributed by atoms with E-state index >= 15 is 0 Å². The van der Waals surface area contributed by atoms with Gasteiger partial charge < -0.3 is 5.32 Å². The van der Waals surface area contributed by atoms with E-state index in [-0.39, 0.29) is 4.90 Å². The Morgan fingerprint density at radius 2 is 1.79 bits per heavy atom. The molecule has 0 saturated heterocycles. The Balaban J connectivity index is 2.17. The van der Waals surface area contributed by atoms with Crippen LogP contribution in [-0.2, 0) is 23.0 Å². The van der Waals surface area contributed by atoms with E-state index in [1.807, 2.05) is 6.92 Å². The summed E-state index contributed by atoms with van der Waals surface area (Å²) in [5, 5.41) is 3.71. The normalized spacial score (nSPS) is 11.8. The highest BCUT2D eigenvalue weighted by molar-refractivity contribution is 7.89. The Morgan fingerprint density at radius 1 is 1.17 bits per heavy atom. The lowest BCUT2D eigenvalue weighted by Gasteiger charge is -2.13. The van der Waals surface area contributed by atoms with E-state index in [1.54, 1.807) is 31.2 Å². The SMILES string of the molecule is CCc1c(Cl)nc(C)nc1NCc1ccc(S(=O)(=O)N(C)C)cc1. The fourth-order valence-corrected chi connectivity index (χ4v) is 3.44. The zero-order chi connectivity index (χ0) is 17.9. The summed E-state index contributed by atoms with van der Waals surface area (Å²) >= 11 is 6.15. The second-order valence-electron chi connectivity index (χ2n) is 5.53. The largest absolute Gasteiger partial charge is 0.366 e. The monoisotopic (exact) mass is 368 g/mol. The molecule has 0 atom stereocenters. The van der Waals surface area contributed by atoms with Gasteiger partial charge in [-0.05, 0) is 31.0 Å². The van der Waals surface area contributed by atoms with Gasteiger partial charge in [0.1, 0.15) is 16.8 Å². The molecule has 8 heteroatoms. The summed E-state index contributed by atoms with van der Waals surface area (Å²) in [6, 6.07) is 6.77. The predicted octanol–water partition coefficient (Wildman–Crippen LogP) is 2.86. The molecule has 1 aromatic carbocycles. The van der Waals surface area contributed by atoms with Crippen LogP contribution < -0.4 is 5.32 Å². The van der Waals surface area contributed by atoms with Gasteiger partial charge in [0.25, 0.3) is 0 Å². The van der Waals surface area contributed by atoms with Gasteiger partial charge in [0, 0.05) is 26.2 Å². The standard InChI is InChI=1S/C16H21ClN4O2S/c1-5-14-15(17)19-11(2)20-16(14)18-10-12-6-8-13(9-7-12)24(22,23)21(3)4/h6-9H,5,10H2,1-4H3,(H,18,19,20). The van der Waals surface area contributed by atoms with E-state index in [0.717, 1.165) is 17.5 Å². The Hall–Kier alpha value is -1.70. The smallest absolute Gasteiger partial charge is 0.242 e. The fraction of sp³-hybridized carbons (Fsp3) is 0.375. The summed E-state index contributed by atoms with van der Waals surface area (Å²) < 4.78 is 25.3. The lowest BCUT2D eigenvalue weighted by Crippen LogP contribution is -2.22. The van der Waals surface area contributed by atoms with Crippen LogP contribution in [0, 0.1) is 6.92 Å². The van der Waals surface area contributed by atoms with Crippen molar-refractivity contribution < 1.29 is 8.42 Å².